The smallest absolute Gasteiger partial charge is 0.232 e. The van der Waals surface area contributed by atoms with Crippen LogP contribution in [0, 0.1) is 0 Å². The standard InChI is InChI=1S/C10H17NO5S2/c12-8-3-11(4-9(8)13)10(14)5-17-7-1-2-18(15,16)6-7/h7-9,12-13H,1-6H2. The van der Waals surface area contributed by atoms with Gasteiger partial charge in [0.15, 0.2) is 9.84 Å². The molecule has 0 aromatic carbocycles. The number of hydrogen-bond donors (Lipinski definition) is 2. The molecular formula is C10H17NO5S2. The van der Waals surface area contributed by atoms with Gasteiger partial charge in [0.25, 0.3) is 0 Å². The van der Waals surface area contributed by atoms with Gasteiger partial charge in [0.2, 0.25) is 5.91 Å². The highest BCUT2D eigenvalue weighted by Gasteiger charge is 2.33. The second-order valence-corrected chi connectivity index (χ2v) is 8.29. The van der Waals surface area contributed by atoms with Gasteiger partial charge in [-0.15, -0.1) is 11.8 Å². The third-order valence-corrected chi connectivity index (χ3v) is 6.51. The molecule has 2 N–H and O–H groups in total. The Hall–Kier alpha value is -0.310. The summed E-state index contributed by atoms with van der Waals surface area (Å²) < 4.78 is 22.5. The van der Waals surface area contributed by atoms with E-state index in [1.54, 1.807) is 0 Å². The molecule has 2 rings (SSSR count). The summed E-state index contributed by atoms with van der Waals surface area (Å²) in [5.74, 6) is 0.412. The topological polar surface area (TPSA) is 94.9 Å². The van der Waals surface area contributed by atoms with E-state index in [1.807, 2.05) is 0 Å². The van der Waals surface area contributed by atoms with Crippen LogP contribution in [0.25, 0.3) is 0 Å². The van der Waals surface area contributed by atoms with Crippen molar-refractivity contribution < 1.29 is 23.4 Å². The quantitative estimate of drug-likeness (QED) is 0.656. The highest BCUT2D eigenvalue weighted by atomic mass is 32.2. The van der Waals surface area contributed by atoms with Gasteiger partial charge in [-0.1, -0.05) is 0 Å². The molecule has 0 saturated carbocycles. The maximum absolute atomic E-state index is 11.8. The van der Waals surface area contributed by atoms with Crippen molar-refractivity contribution in [3.8, 4) is 0 Å². The number of hydrogen-bond acceptors (Lipinski definition) is 6. The molecule has 2 aliphatic heterocycles. The van der Waals surface area contributed by atoms with Crippen LogP contribution in [0.3, 0.4) is 0 Å². The molecule has 0 bridgehead atoms. The lowest BCUT2D eigenvalue weighted by Crippen LogP contribution is -2.31. The second-order valence-electron chi connectivity index (χ2n) is 4.77. The second kappa shape index (κ2) is 5.36. The first-order chi connectivity index (χ1) is 8.37. The van der Waals surface area contributed by atoms with Crippen molar-refractivity contribution in [3.05, 3.63) is 0 Å². The number of rotatable bonds is 3. The van der Waals surface area contributed by atoms with Crippen molar-refractivity contribution in [3.63, 3.8) is 0 Å². The van der Waals surface area contributed by atoms with E-state index in [0.29, 0.717) is 6.42 Å². The monoisotopic (exact) mass is 295 g/mol. The number of carbonyl (C=O) groups excluding carboxylic acids is 1. The third kappa shape index (κ3) is 3.37. The summed E-state index contributed by atoms with van der Waals surface area (Å²) in [5.41, 5.74) is 0. The van der Waals surface area contributed by atoms with E-state index in [4.69, 9.17) is 0 Å². The molecule has 2 aliphatic rings. The SMILES string of the molecule is O=C(CSC1CCS(=O)(=O)C1)N1CC(O)C(O)C1. The Labute approximate surface area is 110 Å². The van der Waals surface area contributed by atoms with Crippen LogP contribution in [0.15, 0.2) is 0 Å². The summed E-state index contributed by atoms with van der Waals surface area (Å²) in [5, 5.41) is 18.7. The van der Waals surface area contributed by atoms with Crippen LogP contribution in [0.4, 0.5) is 0 Å². The fourth-order valence-corrected chi connectivity index (χ4v) is 5.69. The van der Waals surface area contributed by atoms with Crippen LogP contribution < -0.4 is 0 Å². The molecular weight excluding hydrogens is 278 g/mol. The third-order valence-electron chi connectivity index (χ3n) is 3.24. The number of aliphatic hydroxyl groups excluding tert-OH is 2. The van der Waals surface area contributed by atoms with Crippen molar-refractivity contribution in [2.24, 2.45) is 0 Å². The molecule has 3 atom stereocenters. The maximum atomic E-state index is 11.8. The Kier molecular flexibility index (Phi) is 4.20. The summed E-state index contributed by atoms with van der Waals surface area (Å²) >= 11 is 1.35. The van der Waals surface area contributed by atoms with Gasteiger partial charge < -0.3 is 15.1 Å². The number of amides is 1. The molecule has 2 heterocycles. The van der Waals surface area contributed by atoms with Crippen molar-refractivity contribution in [2.45, 2.75) is 23.9 Å². The number of likely N-dealkylation sites (tertiary alicyclic amines) is 1. The van der Waals surface area contributed by atoms with Gasteiger partial charge in [0, 0.05) is 18.3 Å². The van der Waals surface area contributed by atoms with Crippen molar-refractivity contribution in [2.75, 3.05) is 30.3 Å². The molecule has 3 unspecified atom stereocenters. The van der Waals surface area contributed by atoms with E-state index in [1.165, 1.54) is 16.7 Å². The van der Waals surface area contributed by atoms with E-state index < -0.39 is 22.0 Å². The van der Waals surface area contributed by atoms with Crippen LogP contribution in [0.5, 0.6) is 0 Å². The van der Waals surface area contributed by atoms with Crippen LogP contribution >= 0.6 is 11.8 Å². The van der Waals surface area contributed by atoms with Gasteiger partial charge in [0.05, 0.1) is 29.5 Å². The van der Waals surface area contributed by atoms with E-state index in [-0.39, 0.29) is 41.5 Å². The highest BCUT2D eigenvalue weighted by Crippen LogP contribution is 2.25. The predicted molar refractivity (Wildman–Crippen MR) is 68.1 cm³/mol. The van der Waals surface area contributed by atoms with E-state index in [9.17, 15) is 23.4 Å². The average molecular weight is 295 g/mol. The fraction of sp³-hybridized carbons (Fsp3) is 0.900. The van der Waals surface area contributed by atoms with E-state index in [2.05, 4.69) is 0 Å². The first kappa shape index (κ1) is 14.1. The number of nitrogens with zero attached hydrogens (tertiary/aromatic N) is 1. The Balaban J connectivity index is 1.76. The zero-order valence-corrected chi connectivity index (χ0v) is 11.5. The zero-order valence-electron chi connectivity index (χ0n) is 9.86. The molecule has 1 amide bonds. The number of sulfone groups is 1. The summed E-state index contributed by atoms with van der Waals surface area (Å²) in [4.78, 5) is 13.2. The Morgan fingerprint density at radius 2 is 1.89 bits per heavy atom. The minimum atomic E-state index is -2.91. The first-order valence-corrected chi connectivity index (χ1v) is 8.70. The molecule has 6 nitrogen and oxygen atoms in total. The fourth-order valence-electron chi connectivity index (χ4n) is 2.15. The summed E-state index contributed by atoms with van der Waals surface area (Å²) in [6.07, 6.45) is -1.14. The number of aliphatic hydroxyl groups is 2. The lowest BCUT2D eigenvalue weighted by atomic mass is 10.3. The van der Waals surface area contributed by atoms with Crippen molar-refractivity contribution >= 4 is 27.5 Å². The molecule has 2 saturated heterocycles. The summed E-state index contributed by atoms with van der Waals surface area (Å²) in [6, 6.07) is 0. The zero-order chi connectivity index (χ0) is 13.3. The molecule has 2 fully saturated rings. The molecule has 8 heteroatoms. The normalized spacial score (nSPS) is 35.0. The van der Waals surface area contributed by atoms with Gasteiger partial charge in [-0.3, -0.25) is 4.79 Å². The molecule has 0 aromatic rings. The average Bonchev–Trinajstić information content (AvgIpc) is 2.80. The van der Waals surface area contributed by atoms with Gasteiger partial charge in [-0.25, -0.2) is 8.42 Å². The van der Waals surface area contributed by atoms with Crippen molar-refractivity contribution in [1.29, 1.82) is 0 Å². The lowest BCUT2D eigenvalue weighted by Gasteiger charge is -2.16. The van der Waals surface area contributed by atoms with Crippen LogP contribution in [-0.4, -0.2) is 77.2 Å². The summed E-state index contributed by atoms with van der Waals surface area (Å²) in [6.45, 7) is 0.313. The van der Waals surface area contributed by atoms with Gasteiger partial charge in [-0.05, 0) is 6.42 Å². The largest absolute Gasteiger partial charge is 0.388 e. The number of carbonyl (C=O) groups is 1. The van der Waals surface area contributed by atoms with Crippen molar-refractivity contribution in [1.82, 2.24) is 4.90 Å². The molecule has 0 aliphatic carbocycles. The first-order valence-electron chi connectivity index (χ1n) is 5.83. The molecule has 0 radical (unpaired) electrons. The molecule has 0 aromatic heterocycles. The predicted octanol–water partition coefficient (Wildman–Crippen LogP) is -1.53. The highest BCUT2D eigenvalue weighted by molar-refractivity contribution is 8.02. The van der Waals surface area contributed by atoms with E-state index >= 15 is 0 Å². The summed E-state index contributed by atoms with van der Waals surface area (Å²) in [7, 11) is -2.91. The maximum Gasteiger partial charge on any atom is 0.232 e. The Morgan fingerprint density at radius 3 is 2.39 bits per heavy atom. The Bertz CT molecular complexity index is 414. The Morgan fingerprint density at radius 1 is 1.28 bits per heavy atom. The van der Waals surface area contributed by atoms with Gasteiger partial charge >= 0.3 is 0 Å². The number of β-amino-alcohol motifs (C(OH)–C–C–N with tert-alkyl or cyclic N) is 2. The lowest BCUT2D eigenvalue weighted by molar-refractivity contribution is -0.127. The van der Waals surface area contributed by atoms with Crippen LogP contribution in [-0.2, 0) is 14.6 Å². The molecule has 104 valence electrons. The van der Waals surface area contributed by atoms with Gasteiger partial charge in [0.1, 0.15) is 0 Å². The van der Waals surface area contributed by atoms with Crippen LogP contribution in [0.2, 0.25) is 0 Å². The minimum absolute atomic E-state index is 0.00333. The van der Waals surface area contributed by atoms with E-state index in [0.717, 1.165) is 0 Å². The number of thioether (sulfide) groups is 1. The minimum Gasteiger partial charge on any atom is -0.388 e. The van der Waals surface area contributed by atoms with Gasteiger partial charge in [-0.2, -0.15) is 0 Å². The van der Waals surface area contributed by atoms with Crippen LogP contribution in [0.1, 0.15) is 6.42 Å². The molecule has 0 spiro atoms. The molecule has 18 heavy (non-hydrogen) atoms.